The maximum atomic E-state index is 12.3. The van der Waals surface area contributed by atoms with Gasteiger partial charge in [0.25, 0.3) is 5.89 Å². The highest BCUT2D eigenvalue weighted by molar-refractivity contribution is 9.10. The van der Waals surface area contributed by atoms with E-state index in [9.17, 15) is 9.59 Å². The Bertz CT molecular complexity index is 836. The van der Waals surface area contributed by atoms with Crippen LogP contribution in [0.15, 0.2) is 30.4 Å². The number of rotatable bonds is 4. The zero-order valence-electron chi connectivity index (χ0n) is 12.9. The molecule has 126 valence electrons. The van der Waals surface area contributed by atoms with E-state index in [4.69, 9.17) is 15.3 Å². The topological polar surface area (TPSA) is 90.3 Å². The molecule has 0 saturated heterocycles. The highest BCUT2D eigenvalue weighted by atomic mass is 79.9. The summed E-state index contributed by atoms with van der Waals surface area (Å²) in [4.78, 5) is 24.1. The van der Waals surface area contributed by atoms with E-state index in [1.54, 1.807) is 12.1 Å². The van der Waals surface area contributed by atoms with Crippen molar-refractivity contribution in [3.63, 3.8) is 0 Å². The summed E-state index contributed by atoms with van der Waals surface area (Å²) in [6, 6.07) is 3.26. The molecular formula is C16H16BrN3O4. The average molecular weight is 394 g/mol. The SMILES string of the molecule is C#CC1(NC(=O)Cn2nc(-c3ccc(Br)o3)oc2=O)CCCCC1. The molecule has 1 N–H and O–H groups in total. The fraction of sp³-hybridized carbons (Fsp3) is 0.438. The standard InChI is InChI=1S/C16H16BrN3O4/c1-2-16(8-4-3-5-9-16)18-13(21)10-20-15(22)24-14(19-20)11-6-7-12(17)23-11/h1,6-7H,3-5,8-10H2,(H,18,21). The van der Waals surface area contributed by atoms with Crippen molar-refractivity contribution in [1.29, 1.82) is 0 Å². The van der Waals surface area contributed by atoms with Crippen LogP contribution >= 0.6 is 15.9 Å². The van der Waals surface area contributed by atoms with E-state index in [0.29, 0.717) is 10.4 Å². The van der Waals surface area contributed by atoms with Crippen molar-refractivity contribution in [3.8, 4) is 24.0 Å². The van der Waals surface area contributed by atoms with E-state index in [2.05, 4.69) is 32.3 Å². The van der Waals surface area contributed by atoms with Crippen LogP contribution < -0.4 is 11.1 Å². The molecule has 8 heteroatoms. The quantitative estimate of drug-likeness (QED) is 0.804. The molecule has 1 aliphatic rings. The molecule has 1 amide bonds. The van der Waals surface area contributed by atoms with Crippen LogP contribution in [-0.4, -0.2) is 21.2 Å². The van der Waals surface area contributed by atoms with Crippen molar-refractivity contribution < 1.29 is 13.6 Å². The predicted octanol–water partition coefficient (Wildman–Crippen LogP) is 2.31. The monoisotopic (exact) mass is 393 g/mol. The third kappa shape index (κ3) is 3.46. The van der Waals surface area contributed by atoms with Gasteiger partial charge in [-0.2, -0.15) is 4.68 Å². The summed E-state index contributed by atoms with van der Waals surface area (Å²) < 4.78 is 11.7. The molecule has 2 heterocycles. The van der Waals surface area contributed by atoms with Crippen molar-refractivity contribution in [2.45, 2.75) is 44.2 Å². The smallest absolute Gasteiger partial charge is 0.437 e. The van der Waals surface area contributed by atoms with Gasteiger partial charge in [0.2, 0.25) is 5.91 Å². The summed E-state index contributed by atoms with van der Waals surface area (Å²) in [6.45, 7) is -0.256. The summed E-state index contributed by atoms with van der Waals surface area (Å²) in [6.07, 6.45) is 10.2. The number of hydrogen-bond acceptors (Lipinski definition) is 5. The highest BCUT2D eigenvalue weighted by Gasteiger charge is 2.31. The summed E-state index contributed by atoms with van der Waals surface area (Å²) in [7, 11) is 0. The van der Waals surface area contributed by atoms with Gasteiger partial charge in [0, 0.05) is 0 Å². The molecule has 3 rings (SSSR count). The first-order valence-corrected chi connectivity index (χ1v) is 8.43. The number of terminal acetylenes is 1. The molecule has 24 heavy (non-hydrogen) atoms. The van der Waals surface area contributed by atoms with E-state index >= 15 is 0 Å². The number of carbonyl (C=O) groups excluding carboxylic acids is 1. The van der Waals surface area contributed by atoms with Crippen molar-refractivity contribution in [2.75, 3.05) is 0 Å². The molecule has 2 aromatic heterocycles. The molecule has 0 unspecified atom stereocenters. The van der Waals surface area contributed by atoms with Gasteiger partial charge in [0.05, 0.1) is 0 Å². The number of hydrogen-bond donors (Lipinski definition) is 1. The van der Waals surface area contributed by atoms with Gasteiger partial charge in [-0.05, 0) is 40.9 Å². The van der Waals surface area contributed by atoms with Crippen LogP contribution in [0, 0.1) is 12.3 Å². The van der Waals surface area contributed by atoms with Crippen LogP contribution in [0.3, 0.4) is 0 Å². The van der Waals surface area contributed by atoms with Crippen molar-refractivity contribution in [2.24, 2.45) is 0 Å². The van der Waals surface area contributed by atoms with Crippen molar-refractivity contribution in [1.82, 2.24) is 15.1 Å². The Labute approximate surface area is 146 Å². The van der Waals surface area contributed by atoms with Gasteiger partial charge in [0.15, 0.2) is 10.4 Å². The normalized spacial score (nSPS) is 16.5. The van der Waals surface area contributed by atoms with E-state index in [-0.39, 0.29) is 18.3 Å². The van der Waals surface area contributed by atoms with Crippen LogP contribution in [0.2, 0.25) is 0 Å². The second-order valence-electron chi connectivity index (χ2n) is 5.77. The lowest BCUT2D eigenvalue weighted by Crippen LogP contribution is -2.50. The summed E-state index contributed by atoms with van der Waals surface area (Å²) in [5, 5.41) is 6.85. The van der Waals surface area contributed by atoms with Gasteiger partial charge < -0.3 is 14.2 Å². The Morgan fingerprint density at radius 3 is 2.75 bits per heavy atom. The lowest BCUT2D eigenvalue weighted by atomic mass is 9.82. The number of nitrogens with one attached hydrogen (secondary N) is 1. The van der Waals surface area contributed by atoms with Gasteiger partial charge in [-0.15, -0.1) is 11.5 Å². The molecule has 1 saturated carbocycles. The lowest BCUT2D eigenvalue weighted by molar-refractivity contribution is -0.123. The van der Waals surface area contributed by atoms with Gasteiger partial charge in [-0.3, -0.25) is 4.79 Å². The van der Waals surface area contributed by atoms with Gasteiger partial charge in [0.1, 0.15) is 12.1 Å². The number of carbonyl (C=O) groups is 1. The zero-order valence-corrected chi connectivity index (χ0v) is 14.5. The van der Waals surface area contributed by atoms with E-state index < -0.39 is 11.3 Å². The fourth-order valence-electron chi connectivity index (χ4n) is 2.84. The van der Waals surface area contributed by atoms with Crippen LogP contribution in [0.25, 0.3) is 11.7 Å². The number of halogens is 1. The van der Waals surface area contributed by atoms with E-state index in [1.165, 1.54) is 0 Å². The number of amides is 1. The van der Waals surface area contributed by atoms with Crippen molar-refractivity contribution in [3.05, 3.63) is 27.4 Å². The lowest BCUT2D eigenvalue weighted by Gasteiger charge is -2.33. The Morgan fingerprint density at radius 1 is 1.38 bits per heavy atom. The largest absolute Gasteiger partial charge is 0.444 e. The van der Waals surface area contributed by atoms with E-state index in [1.807, 2.05) is 0 Å². The molecule has 0 spiro atoms. The van der Waals surface area contributed by atoms with Crippen LogP contribution in [0.4, 0.5) is 0 Å². The van der Waals surface area contributed by atoms with Crippen molar-refractivity contribution >= 4 is 21.8 Å². The molecule has 2 aromatic rings. The minimum atomic E-state index is -0.730. The summed E-state index contributed by atoms with van der Waals surface area (Å²) in [5.74, 6) is 1.92. The number of furan rings is 1. The molecule has 0 radical (unpaired) electrons. The minimum absolute atomic E-state index is 0.0165. The van der Waals surface area contributed by atoms with Crippen LogP contribution in [0.1, 0.15) is 32.1 Å². The first-order chi connectivity index (χ1) is 11.5. The molecule has 0 bridgehead atoms. The van der Waals surface area contributed by atoms with E-state index in [0.717, 1.165) is 36.8 Å². The maximum Gasteiger partial charge on any atom is 0.437 e. The van der Waals surface area contributed by atoms with Gasteiger partial charge in [-0.1, -0.05) is 25.2 Å². The molecular weight excluding hydrogens is 378 g/mol. The molecule has 0 atom stereocenters. The summed E-state index contributed by atoms with van der Waals surface area (Å²) in [5.41, 5.74) is -0.628. The first kappa shape index (κ1) is 16.6. The number of nitrogens with zero attached hydrogens (tertiary/aromatic N) is 2. The second-order valence-corrected chi connectivity index (χ2v) is 6.55. The Morgan fingerprint density at radius 2 is 2.12 bits per heavy atom. The van der Waals surface area contributed by atoms with Crippen LogP contribution in [0.5, 0.6) is 0 Å². The van der Waals surface area contributed by atoms with Gasteiger partial charge in [-0.25, -0.2) is 4.79 Å². The predicted molar refractivity (Wildman–Crippen MR) is 89.0 cm³/mol. The molecule has 0 aliphatic heterocycles. The highest BCUT2D eigenvalue weighted by Crippen LogP contribution is 2.27. The third-order valence-electron chi connectivity index (χ3n) is 4.05. The minimum Gasteiger partial charge on any atom is -0.444 e. The Hall–Kier alpha value is -2.27. The first-order valence-electron chi connectivity index (χ1n) is 7.64. The Balaban J connectivity index is 1.72. The molecule has 1 aliphatic carbocycles. The molecule has 1 fully saturated rings. The maximum absolute atomic E-state index is 12.3. The Kier molecular flexibility index (Phi) is 4.62. The molecule has 0 aromatic carbocycles. The molecule has 7 nitrogen and oxygen atoms in total. The third-order valence-corrected chi connectivity index (χ3v) is 4.47. The fourth-order valence-corrected chi connectivity index (χ4v) is 3.14. The van der Waals surface area contributed by atoms with Gasteiger partial charge >= 0.3 is 5.76 Å². The number of aromatic nitrogens is 2. The second kappa shape index (κ2) is 6.69. The average Bonchev–Trinajstić information content (AvgIpc) is 3.15. The zero-order chi connectivity index (χ0) is 17.2. The van der Waals surface area contributed by atoms with Crippen LogP contribution in [-0.2, 0) is 11.3 Å². The summed E-state index contributed by atoms with van der Waals surface area (Å²) >= 11 is 3.16.